The van der Waals surface area contributed by atoms with E-state index in [9.17, 15) is 9.90 Å². The van der Waals surface area contributed by atoms with Crippen molar-refractivity contribution in [3.63, 3.8) is 0 Å². The molecule has 1 heterocycles. The number of nitrogens with zero attached hydrogens (tertiary/aromatic N) is 1. The van der Waals surface area contributed by atoms with Gasteiger partial charge in [-0.1, -0.05) is 6.92 Å². The quantitative estimate of drug-likeness (QED) is 0.743. The fraction of sp³-hybridized carbons (Fsp3) is 0.909. The molecule has 94 valence electrons. The number of aliphatic hydroxyl groups is 1. The summed E-state index contributed by atoms with van der Waals surface area (Å²) in [5.74, 6) is 0.276. The molecule has 1 aliphatic heterocycles. The smallest absolute Gasteiger partial charge is 0.409 e. The van der Waals surface area contributed by atoms with Crippen molar-refractivity contribution in [3.05, 3.63) is 0 Å². The minimum absolute atomic E-state index is 0.0121. The van der Waals surface area contributed by atoms with Gasteiger partial charge in [0.25, 0.3) is 0 Å². The van der Waals surface area contributed by atoms with Crippen molar-refractivity contribution in [2.45, 2.75) is 38.3 Å². The summed E-state index contributed by atoms with van der Waals surface area (Å²) in [4.78, 5) is 13.0. The van der Waals surface area contributed by atoms with Gasteiger partial charge in [0.1, 0.15) is 0 Å². The zero-order valence-electron chi connectivity index (χ0n) is 10.1. The van der Waals surface area contributed by atoms with Crippen LogP contribution in [-0.2, 0) is 4.74 Å². The number of rotatable bonds is 3. The van der Waals surface area contributed by atoms with Crippen molar-refractivity contribution in [2.24, 2.45) is 11.7 Å². The molecule has 0 aromatic rings. The van der Waals surface area contributed by atoms with Crippen LogP contribution in [0.1, 0.15) is 26.2 Å². The van der Waals surface area contributed by atoms with Gasteiger partial charge in [-0.15, -0.1) is 0 Å². The largest absolute Gasteiger partial charge is 0.453 e. The molecule has 0 spiro atoms. The van der Waals surface area contributed by atoms with Crippen LogP contribution in [-0.4, -0.2) is 48.4 Å². The zero-order chi connectivity index (χ0) is 12.1. The Bertz CT molecular complexity index is 235. The molecule has 0 bridgehead atoms. The molecule has 1 saturated heterocycles. The average Bonchev–Trinajstić information content (AvgIpc) is 2.27. The summed E-state index contributed by atoms with van der Waals surface area (Å²) in [7, 11) is 1.37. The summed E-state index contributed by atoms with van der Waals surface area (Å²) in [6.07, 6.45) is 1.69. The second-order valence-electron chi connectivity index (χ2n) is 4.53. The number of likely N-dealkylation sites (tertiary alicyclic amines) is 1. The van der Waals surface area contributed by atoms with Crippen molar-refractivity contribution in [1.29, 1.82) is 0 Å². The predicted octanol–water partition coefficient (Wildman–Crippen LogP) is 0.563. The number of amides is 1. The summed E-state index contributed by atoms with van der Waals surface area (Å²) in [6.45, 7) is 3.13. The summed E-state index contributed by atoms with van der Waals surface area (Å²) in [5, 5.41) is 9.60. The van der Waals surface area contributed by atoms with E-state index in [-0.39, 0.29) is 24.2 Å². The second-order valence-corrected chi connectivity index (χ2v) is 4.53. The molecule has 0 aromatic carbocycles. The van der Waals surface area contributed by atoms with Gasteiger partial charge in [0.05, 0.1) is 13.2 Å². The van der Waals surface area contributed by atoms with E-state index in [1.54, 1.807) is 4.90 Å². The fourth-order valence-electron chi connectivity index (χ4n) is 2.25. The molecule has 1 fully saturated rings. The van der Waals surface area contributed by atoms with E-state index in [1.165, 1.54) is 7.11 Å². The summed E-state index contributed by atoms with van der Waals surface area (Å²) in [6, 6.07) is -0.0121. The molecule has 1 aliphatic rings. The lowest BCUT2D eigenvalue weighted by atomic mass is 9.89. The van der Waals surface area contributed by atoms with Crippen LogP contribution in [0.15, 0.2) is 0 Å². The first-order chi connectivity index (χ1) is 7.56. The van der Waals surface area contributed by atoms with Crippen molar-refractivity contribution >= 4 is 6.09 Å². The Hall–Kier alpha value is -0.810. The monoisotopic (exact) mass is 230 g/mol. The molecular formula is C11H22N2O3. The lowest BCUT2D eigenvalue weighted by Crippen LogP contribution is -2.49. The lowest BCUT2D eigenvalue weighted by molar-refractivity contribution is 0.0737. The molecule has 3 atom stereocenters. The lowest BCUT2D eigenvalue weighted by Gasteiger charge is -2.36. The third-order valence-electron chi connectivity index (χ3n) is 3.08. The van der Waals surface area contributed by atoms with Gasteiger partial charge in [-0.05, 0) is 25.2 Å². The molecule has 5 nitrogen and oxygen atoms in total. The van der Waals surface area contributed by atoms with Crippen molar-refractivity contribution in [2.75, 3.05) is 20.2 Å². The highest BCUT2D eigenvalue weighted by Gasteiger charge is 2.29. The van der Waals surface area contributed by atoms with Gasteiger partial charge >= 0.3 is 6.09 Å². The van der Waals surface area contributed by atoms with Crippen molar-refractivity contribution in [3.8, 4) is 0 Å². The van der Waals surface area contributed by atoms with Crippen LogP contribution in [0.4, 0.5) is 4.79 Å². The predicted molar refractivity (Wildman–Crippen MR) is 61.0 cm³/mol. The maximum absolute atomic E-state index is 11.4. The highest BCUT2D eigenvalue weighted by atomic mass is 16.5. The first-order valence-electron chi connectivity index (χ1n) is 5.83. The van der Waals surface area contributed by atoms with Crippen LogP contribution in [0.5, 0.6) is 0 Å². The first-order valence-corrected chi connectivity index (χ1v) is 5.83. The van der Waals surface area contributed by atoms with E-state index in [1.807, 2.05) is 6.92 Å². The van der Waals surface area contributed by atoms with E-state index in [2.05, 4.69) is 4.74 Å². The topological polar surface area (TPSA) is 75.8 Å². The van der Waals surface area contributed by atoms with Gasteiger partial charge in [0, 0.05) is 19.1 Å². The van der Waals surface area contributed by atoms with Gasteiger partial charge in [0.15, 0.2) is 0 Å². The fourth-order valence-corrected chi connectivity index (χ4v) is 2.25. The Labute approximate surface area is 96.6 Å². The first kappa shape index (κ1) is 13.3. The van der Waals surface area contributed by atoms with Gasteiger partial charge in [-0.25, -0.2) is 4.79 Å². The Morgan fingerprint density at radius 2 is 2.31 bits per heavy atom. The van der Waals surface area contributed by atoms with Crippen molar-refractivity contribution < 1.29 is 14.6 Å². The number of hydrogen-bond donors (Lipinski definition) is 2. The van der Waals surface area contributed by atoms with Crippen molar-refractivity contribution in [1.82, 2.24) is 4.90 Å². The molecule has 1 rings (SSSR count). The van der Waals surface area contributed by atoms with Gasteiger partial charge in [-0.3, -0.25) is 0 Å². The van der Waals surface area contributed by atoms with E-state index in [0.29, 0.717) is 19.5 Å². The van der Waals surface area contributed by atoms with Crippen LogP contribution < -0.4 is 5.73 Å². The standard InChI is InChI=1S/C11H22N2O3/c1-3-10(14)5-8-4-9(12)7-13(6-8)11(15)16-2/h8-10,14H,3-7,12H2,1-2H3. The molecule has 0 aromatic heterocycles. The zero-order valence-corrected chi connectivity index (χ0v) is 10.1. The highest BCUT2D eigenvalue weighted by Crippen LogP contribution is 2.21. The van der Waals surface area contributed by atoms with Gasteiger partial charge < -0.3 is 20.5 Å². The Morgan fingerprint density at radius 3 is 2.88 bits per heavy atom. The number of hydrogen-bond acceptors (Lipinski definition) is 4. The number of carbonyl (C=O) groups is 1. The highest BCUT2D eigenvalue weighted by molar-refractivity contribution is 5.67. The molecule has 3 N–H and O–H groups in total. The Morgan fingerprint density at radius 1 is 1.62 bits per heavy atom. The molecule has 16 heavy (non-hydrogen) atoms. The number of nitrogens with two attached hydrogens (primary N) is 1. The van der Waals surface area contributed by atoms with Crippen LogP contribution in [0.2, 0.25) is 0 Å². The number of piperidine rings is 1. The average molecular weight is 230 g/mol. The molecule has 5 heteroatoms. The SMILES string of the molecule is CCC(O)CC1CC(N)CN(C(=O)OC)C1. The minimum Gasteiger partial charge on any atom is -0.453 e. The van der Waals surface area contributed by atoms with Crippen LogP contribution in [0.3, 0.4) is 0 Å². The number of aliphatic hydroxyl groups excluding tert-OH is 1. The van der Waals surface area contributed by atoms with E-state index >= 15 is 0 Å². The second kappa shape index (κ2) is 6.06. The van der Waals surface area contributed by atoms with E-state index < -0.39 is 0 Å². The van der Waals surface area contributed by atoms with Gasteiger partial charge in [-0.2, -0.15) is 0 Å². The van der Waals surface area contributed by atoms with E-state index in [0.717, 1.165) is 12.8 Å². The molecule has 0 radical (unpaired) electrons. The molecule has 0 aliphatic carbocycles. The summed E-state index contributed by atoms with van der Waals surface area (Å²) >= 11 is 0. The third-order valence-corrected chi connectivity index (χ3v) is 3.08. The molecule has 1 amide bonds. The number of methoxy groups -OCH3 is 1. The normalized spacial score (nSPS) is 27.6. The number of ether oxygens (including phenoxy) is 1. The summed E-state index contributed by atoms with van der Waals surface area (Å²) < 4.78 is 4.69. The maximum Gasteiger partial charge on any atom is 0.409 e. The minimum atomic E-state index is -0.328. The van der Waals surface area contributed by atoms with Crippen LogP contribution >= 0.6 is 0 Å². The van der Waals surface area contributed by atoms with Crippen LogP contribution in [0, 0.1) is 5.92 Å². The van der Waals surface area contributed by atoms with Crippen LogP contribution in [0.25, 0.3) is 0 Å². The molecule has 0 saturated carbocycles. The number of carbonyl (C=O) groups excluding carboxylic acids is 1. The van der Waals surface area contributed by atoms with E-state index in [4.69, 9.17) is 5.73 Å². The molecular weight excluding hydrogens is 208 g/mol. The maximum atomic E-state index is 11.4. The molecule has 3 unspecified atom stereocenters. The Kier molecular flexibility index (Phi) is 5.02. The third kappa shape index (κ3) is 3.64. The summed E-state index contributed by atoms with van der Waals surface area (Å²) in [5.41, 5.74) is 5.89. The Balaban J connectivity index is 2.50. The van der Waals surface area contributed by atoms with Gasteiger partial charge in [0.2, 0.25) is 0 Å².